The molecule has 13 heteroatoms. The van der Waals surface area contributed by atoms with E-state index in [2.05, 4.69) is 9.80 Å². The molecule has 4 atom stereocenters. The number of halogens is 1. The van der Waals surface area contributed by atoms with Crippen LogP contribution in [0, 0.1) is 17.7 Å². The normalized spacial score (nSPS) is 24.7. The van der Waals surface area contributed by atoms with Gasteiger partial charge >= 0.3 is 11.9 Å². The summed E-state index contributed by atoms with van der Waals surface area (Å²) in [5.41, 5.74) is 0.781. The Morgan fingerprint density at radius 1 is 0.951 bits per heavy atom. The maximum atomic E-state index is 13.9. The van der Waals surface area contributed by atoms with Crippen LogP contribution in [0.4, 0.5) is 10.1 Å². The maximum Gasteiger partial charge on any atom is 0.328 e. The predicted molar refractivity (Wildman–Crippen MR) is 145 cm³/mol. The first-order valence-electron chi connectivity index (χ1n) is 13.8. The van der Waals surface area contributed by atoms with Gasteiger partial charge in [-0.05, 0) is 44.4 Å². The zero-order chi connectivity index (χ0) is 30.1. The number of rotatable bonds is 10. The van der Waals surface area contributed by atoms with Crippen LogP contribution in [0.25, 0.3) is 0 Å². The Morgan fingerprint density at radius 2 is 1.51 bits per heavy atom. The third-order valence-corrected chi connectivity index (χ3v) is 7.41. The second kappa shape index (κ2) is 14.9. The van der Waals surface area contributed by atoms with Gasteiger partial charge in [-0.2, -0.15) is 0 Å². The van der Waals surface area contributed by atoms with Gasteiger partial charge in [0.25, 0.3) is 0 Å². The minimum atomic E-state index is -1.26. The number of carboxylic acids is 2. The van der Waals surface area contributed by atoms with E-state index in [-0.39, 0.29) is 30.5 Å². The Kier molecular flexibility index (Phi) is 11.6. The van der Waals surface area contributed by atoms with Crippen LogP contribution in [0.3, 0.4) is 0 Å². The molecule has 1 saturated carbocycles. The van der Waals surface area contributed by atoms with Gasteiger partial charge in [0, 0.05) is 50.9 Å². The molecule has 0 aromatic heterocycles. The third-order valence-electron chi connectivity index (χ3n) is 7.41. The maximum absolute atomic E-state index is 13.9. The molecule has 4 rings (SSSR count). The van der Waals surface area contributed by atoms with Crippen molar-refractivity contribution < 1.29 is 48.7 Å². The molecule has 3 aliphatic rings. The van der Waals surface area contributed by atoms with Crippen LogP contribution >= 0.6 is 0 Å². The molecule has 1 aromatic carbocycles. The van der Waals surface area contributed by atoms with Gasteiger partial charge < -0.3 is 30.1 Å². The summed E-state index contributed by atoms with van der Waals surface area (Å²) in [7, 11) is 0. The quantitative estimate of drug-likeness (QED) is 0.230. The molecular weight excluding hydrogens is 541 g/mol. The van der Waals surface area contributed by atoms with Crippen LogP contribution in [0.1, 0.15) is 32.6 Å². The van der Waals surface area contributed by atoms with Gasteiger partial charge in [0.1, 0.15) is 11.6 Å². The number of aliphatic hydroxyl groups excluding tert-OH is 2. The minimum absolute atomic E-state index is 0.152. The first kappa shape index (κ1) is 32.0. The smallest absolute Gasteiger partial charge is 0.328 e. The number of anilines is 1. The highest BCUT2D eigenvalue weighted by molar-refractivity contribution is 6.05. The third kappa shape index (κ3) is 8.72. The number of piperazine rings is 1. The topological polar surface area (TPSA) is 168 Å². The van der Waals surface area contributed by atoms with Crippen LogP contribution in [-0.2, 0) is 19.2 Å². The van der Waals surface area contributed by atoms with Crippen molar-refractivity contribution in [1.29, 1.82) is 0 Å². The molecule has 3 fully saturated rings. The number of amides is 2. The van der Waals surface area contributed by atoms with Gasteiger partial charge in [-0.1, -0.05) is 6.92 Å². The molecule has 41 heavy (non-hydrogen) atoms. The molecule has 2 amide bonds. The number of carbonyl (C=O) groups is 4. The molecule has 12 nitrogen and oxygen atoms in total. The largest absolute Gasteiger partial charge is 0.491 e. The summed E-state index contributed by atoms with van der Waals surface area (Å²) >= 11 is 0. The Hall–Kier alpha value is -3.55. The lowest BCUT2D eigenvalue weighted by Crippen LogP contribution is -2.47. The predicted octanol–water partition coefficient (Wildman–Crippen LogP) is 0.955. The summed E-state index contributed by atoms with van der Waals surface area (Å²) in [4.78, 5) is 50.2. The van der Waals surface area contributed by atoms with Gasteiger partial charge in [0.15, 0.2) is 0 Å². The molecule has 1 aliphatic carbocycles. The molecule has 4 N–H and O–H groups in total. The van der Waals surface area contributed by atoms with Crippen molar-refractivity contribution in [2.24, 2.45) is 11.8 Å². The number of imide groups is 1. The van der Waals surface area contributed by atoms with Crippen molar-refractivity contribution in [3.05, 3.63) is 36.2 Å². The van der Waals surface area contributed by atoms with Crippen molar-refractivity contribution in [2.75, 3.05) is 50.8 Å². The molecule has 2 aliphatic heterocycles. The van der Waals surface area contributed by atoms with E-state index in [1.165, 1.54) is 17.0 Å². The molecule has 1 aromatic rings. The lowest BCUT2D eigenvalue weighted by molar-refractivity contribution is -0.140. The van der Waals surface area contributed by atoms with E-state index in [4.69, 9.17) is 14.9 Å². The molecular formula is C28H38FN3O9. The fourth-order valence-electron chi connectivity index (χ4n) is 5.32. The highest BCUT2D eigenvalue weighted by Crippen LogP contribution is 2.38. The number of ether oxygens (including phenoxy) is 1. The van der Waals surface area contributed by atoms with Gasteiger partial charge in [0.05, 0.1) is 36.3 Å². The minimum Gasteiger partial charge on any atom is -0.491 e. The zero-order valence-corrected chi connectivity index (χ0v) is 23.0. The van der Waals surface area contributed by atoms with Gasteiger partial charge in [-0.3, -0.25) is 19.4 Å². The average molecular weight is 580 g/mol. The number of carboxylic acid groups (broad SMARTS) is 2. The van der Waals surface area contributed by atoms with Gasteiger partial charge in [-0.25, -0.2) is 14.0 Å². The first-order chi connectivity index (χ1) is 19.5. The Balaban J connectivity index is 0.000000507. The number of aliphatic hydroxyl groups is 2. The van der Waals surface area contributed by atoms with E-state index in [1.807, 2.05) is 6.92 Å². The van der Waals surface area contributed by atoms with Crippen LogP contribution in [0.15, 0.2) is 30.4 Å². The van der Waals surface area contributed by atoms with Crippen LogP contribution in [-0.4, -0.2) is 112 Å². The lowest BCUT2D eigenvalue weighted by Gasteiger charge is -2.37. The van der Waals surface area contributed by atoms with E-state index >= 15 is 0 Å². The van der Waals surface area contributed by atoms with Crippen LogP contribution in [0.5, 0.6) is 5.75 Å². The van der Waals surface area contributed by atoms with Crippen molar-refractivity contribution in [1.82, 2.24) is 9.80 Å². The number of carbonyl (C=O) groups excluding carboxylic acids is 2. The van der Waals surface area contributed by atoms with Gasteiger partial charge in [0.2, 0.25) is 11.8 Å². The highest BCUT2D eigenvalue weighted by atomic mass is 19.1. The van der Waals surface area contributed by atoms with Crippen molar-refractivity contribution in [3.63, 3.8) is 0 Å². The number of hydrogen-bond acceptors (Lipinski definition) is 9. The van der Waals surface area contributed by atoms with E-state index in [1.54, 1.807) is 6.07 Å². The summed E-state index contributed by atoms with van der Waals surface area (Å²) in [6, 6.07) is 4.63. The van der Waals surface area contributed by atoms with Crippen LogP contribution in [0.2, 0.25) is 0 Å². The monoisotopic (exact) mass is 579 g/mol. The molecule has 0 radical (unpaired) electrons. The molecule has 226 valence electrons. The standard InChI is InChI=1S/C24H34FN3O5.C4H4O4/c1-2-12-33-22-5-4-16(25)13-19(22)27-10-8-26(9-11-27)6-3-7-28-23(31)17-14-20(29)21(30)15-18(17)24(28)32;5-3(6)1-2-4(7)8/h4-5,13,17-18,20-21,29-30H,2-3,6-12,14-15H2,1H3;1-2H,(H,5,6)(H,7,8)/b;2-1-. The van der Waals surface area contributed by atoms with Crippen LogP contribution < -0.4 is 9.64 Å². The summed E-state index contributed by atoms with van der Waals surface area (Å²) in [5, 5.41) is 35.4. The molecule has 2 heterocycles. The number of nitrogens with zero attached hydrogens (tertiary/aromatic N) is 3. The summed E-state index contributed by atoms with van der Waals surface area (Å²) in [6.07, 6.45) is 1.10. The Bertz CT molecular complexity index is 1080. The summed E-state index contributed by atoms with van der Waals surface area (Å²) < 4.78 is 19.6. The molecule has 2 saturated heterocycles. The molecule has 0 bridgehead atoms. The van der Waals surface area contributed by atoms with E-state index < -0.39 is 36.0 Å². The Labute approximate surface area is 237 Å². The average Bonchev–Trinajstić information content (AvgIpc) is 3.16. The van der Waals surface area contributed by atoms with E-state index in [0.29, 0.717) is 37.5 Å². The fraction of sp³-hybridized carbons (Fsp3) is 0.571. The highest BCUT2D eigenvalue weighted by Gasteiger charge is 2.51. The SMILES string of the molecule is CCCOc1ccc(F)cc1N1CCN(CCCN2C(=O)C3CC(O)C(O)CC3C2=O)CC1.O=C(O)/C=C\C(=O)O. The van der Waals surface area contributed by atoms with Gasteiger partial charge in [-0.15, -0.1) is 0 Å². The second-order valence-corrected chi connectivity index (χ2v) is 10.3. The summed E-state index contributed by atoms with van der Waals surface area (Å²) in [6.45, 7) is 6.83. The first-order valence-corrected chi connectivity index (χ1v) is 13.8. The van der Waals surface area contributed by atoms with Crippen molar-refractivity contribution in [2.45, 2.75) is 44.8 Å². The lowest BCUT2D eigenvalue weighted by atomic mass is 9.78. The number of hydrogen-bond donors (Lipinski definition) is 4. The molecule has 0 spiro atoms. The number of benzene rings is 1. The Morgan fingerprint density at radius 3 is 2.02 bits per heavy atom. The number of fused-ring (bicyclic) bond motifs is 1. The zero-order valence-electron chi connectivity index (χ0n) is 23.0. The van der Waals surface area contributed by atoms with E-state index in [0.717, 1.165) is 44.8 Å². The van der Waals surface area contributed by atoms with E-state index in [9.17, 15) is 33.8 Å². The number of aliphatic carboxylic acids is 2. The second-order valence-electron chi connectivity index (χ2n) is 10.3. The van der Waals surface area contributed by atoms with Crippen molar-refractivity contribution in [3.8, 4) is 5.75 Å². The number of likely N-dealkylation sites (tertiary alicyclic amines) is 1. The summed E-state index contributed by atoms with van der Waals surface area (Å²) in [5.74, 6) is -3.53. The molecule has 4 unspecified atom stereocenters. The van der Waals surface area contributed by atoms with Crippen molar-refractivity contribution >= 4 is 29.4 Å². The fourth-order valence-corrected chi connectivity index (χ4v) is 5.32.